The van der Waals surface area contributed by atoms with Crippen LogP contribution < -0.4 is 0 Å². The van der Waals surface area contributed by atoms with E-state index in [1.807, 2.05) is 0 Å². The van der Waals surface area contributed by atoms with Crippen LogP contribution in [-0.2, 0) is 9.59 Å². The Kier molecular flexibility index (Phi) is 3.85. The number of carbonyl (C=O) groups is 2. The molecule has 0 aromatic rings. The summed E-state index contributed by atoms with van der Waals surface area (Å²) in [5, 5.41) is 9.14. The Labute approximate surface area is 145 Å². The number of fused-ring (bicyclic) bond motifs is 5. The molecule has 4 rings (SSSR count). The van der Waals surface area contributed by atoms with Gasteiger partial charge in [0.05, 0.1) is 0 Å². The average molecular weight is 332 g/mol. The molecule has 0 radical (unpaired) electrons. The fourth-order valence-electron chi connectivity index (χ4n) is 7.55. The fourth-order valence-corrected chi connectivity index (χ4v) is 7.55. The molecular weight excluding hydrogens is 300 g/mol. The molecule has 4 fully saturated rings. The van der Waals surface area contributed by atoms with Crippen LogP contribution in [0.15, 0.2) is 0 Å². The first-order valence-electron chi connectivity index (χ1n) is 10.1. The molecule has 4 aliphatic carbocycles. The van der Waals surface area contributed by atoms with Crippen molar-refractivity contribution in [1.82, 2.24) is 0 Å². The number of hydrogen-bond donors (Lipinski definition) is 1. The van der Waals surface area contributed by atoms with E-state index in [0.717, 1.165) is 43.9 Å². The third kappa shape index (κ3) is 2.29. The van der Waals surface area contributed by atoms with Crippen LogP contribution in [0.1, 0.15) is 78.1 Å². The van der Waals surface area contributed by atoms with Crippen molar-refractivity contribution in [3.63, 3.8) is 0 Å². The lowest BCUT2D eigenvalue weighted by atomic mass is 9.44. The van der Waals surface area contributed by atoms with Crippen molar-refractivity contribution < 1.29 is 14.7 Å². The van der Waals surface area contributed by atoms with Crippen LogP contribution in [-0.4, -0.2) is 16.9 Å². The van der Waals surface area contributed by atoms with Gasteiger partial charge in [-0.25, -0.2) is 0 Å². The summed E-state index contributed by atoms with van der Waals surface area (Å²) < 4.78 is 0. The maximum Gasteiger partial charge on any atom is 0.303 e. The third-order valence-electron chi connectivity index (χ3n) is 8.95. The second kappa shape index (κ2) is 5.57. The molecule has 0 aromatic heterocycles. The minimum Gasteiger partial charge on any atom is -0.481 e. The van der Waals surface area contributed by atoms with Crippen LogP contribution in [0.25, 0.3) is 0 Å². The number of carboxylic acid groups (broad SMARTS) is 1. The molecule has 134 valence electrons. The Hall–Kier alpha value is -0.860. The topological polar surface area (TPSA) is 54.4 Å². The first-order chi connectivity index (χ1) is 11.3. The standard InChI is InChI=1S/C21H32O3/c1-20-9-7-13(12-19(23)24)11-14(20)3-4-15-16-5-6-18(22)21(16,2)10-8-17(15)20/h13-17H,3-12H2,1-2H3,(H,23,24)/t13-,14?,15?,16?,17?,20-,21-/m0/s1. The first-order valence-corrected chi connectivity index (χ1v) is 10.1. The van der Waals surface area contributed by atoms with Gasteiger partial charge in [-0.05, 0) is 86.4 Å². The molecule has 24 heavy (non-hydrogen) atoms. The van der Waals surface area contributed by atoms with E-state index in [0.29, 0.717) is 35.4 Å². The molecule has 0 bridgehead atoms. The molecule has 4 aliphatic rings. The quantitative estimate of drug-likeness (QED) is 0.798. The molecule has 4 unspecified atom stereocenters. The normalized spacial score (nSPS) is 50.8. The fraction of sp³-hybridized carbons (Fsp3) is 0.905. The molecule has 0 heterocycles. The molecule has 3 nitrogen and oxygen atoms in total. The third-order valence-corrected chi connectivity index (χ3v) is 8.95. The molecule has 4 saturated carbocycles. The number of ketones is 1. The maximum atomic E-state index is 12.5. The highest BCUT2D eigenvalue weighted by molar-refractivity contribution is 5.87. The molecule has 0 aliphatic heterocycles. The van der Waals surface area contributed by atoms with E-state index in [1.54, 1.807) is 0 Å². The van der Waals surface area contributed by atoms with Gasteiger partial charge in [-0.3, -0.25) is 9.59 Å². The first kappa shape index (κ1) is 16.6. The number of carboxylic acids is 1. The van der Waals surface area contributed by atoms with Gasteiger partial charge in [0.2, 0.25) is 0 Å². The summed E-state index contributed by atoms with van der Waals surface area (Å²) >= 11 is 0. The molecule has 0 aromatic carbocycles. The monoisotopic (exact) mass is 332 g/mol. The highest BCUT2D eigenvalue weighted by Gasteiger charge is 2.60. The van der Waals surface area contributed by atoms with E-state index < -0.39 is 5.97 Å². The van der Waals surface area contributed by atoms with Crippen LogP contribution in [0.4, 0.5) is 0 Å². The molecule has 0 saturated heterocycles. The number of hydrogen-bond acceptors (Lipinski definition) is 2. The summed E-state index contributed by atoms with van der Waals surface area (Å²) in [6.07, 6.45) is 10.6. The van der Waals surface area contributed by atoms with E-state index in [2.05, 4.69) is 13.8 Å². The Balaban J connectivity index is 1.54. The summed E-state index contributed by atoms with van der Waals surface area (Å²) in [7, 11) is 0. The summed E-state index contributed by atoms with van der Waals surface area (Å²) in [6, 6.07) is 0. The molecule has 3 heteroatoms. The van der Waals surface area contributed by atoms with Gasteiger partial charge in [-0.15, -0.1) is 0 Å². The SMILES string of the molecule is C[C@]12CC[C@H](CC(=O)O)CC1CCC1C2CC[C@]2(C)C(=O)CCC12. The lowest BCUT2D eigenvalue weighted by Gasteiger charge is -2.60. The second-order valence-electron chi connectivity index (χ2n) is 9.81. The van der Waals surface area contributed by atoms with E-state index in [4.69, 9.17) is 5.11 Å². The predicted molar refractivity (Wildman–Crippen MR) is 92.5 cm³/mol. The smallest absolute Gasteiger partial charge is 0.303 e. The number of rotatable bonds is 2. The largest absolute Gasteiger partial charge is 0.481 e. The Morgan fingerprint density at radius 1 is 1.08 bits per heavy atom. The van der Waals surface area contributed by atoms with Crippen molar-refractivity contribution in [3.8, 4) is 0 Å². The molecule has 1 N–H and O–H groups in total. The van der Waals surface area contributed by atoms with Crippen molar-refractivity contribution in [3.05, 3.63) is 0 Å². The predicted octanol–water partition coefficient (Wildman–Crippen LogP) is 4.69. The highest BCUT2D eigenvalue weighted by Crippen LogP contribution is 2.65. The van der Waals surface area contributed by atoms with E-state index in [-0.39, 0.29) is 5.41 Å². The summed E-state index contributed by atoms with van der Waals surface area (Å²) in [6.45, 7) is 4.76. The van der Waals surface area contributed by atoms with E-state index in [1.165, 1.54) is 25.7 Å². The van der Waals surface area contributed by atoms with Gasteiger partial charge in [0.25, 0.3) is 0 Å². The molecule has 0 spiro atoms. The Bertz CT molecular complexity index is 555. The van der Waals surface area contributed by atoms with Crippen molar-refractivity contribution >= 4 is 11.8 Å². The highest BCUT2D eigenvalue weighted by atomic mass is 16.4. The van der Waals surface area contributed by atoms with Crippen molar-refractivity contribution in [2.24, 2.45) is 40.4 Å². The zero-order valence-electron chi connectivity index (χ0n) is 15.2. The van der Waals surface area contributed by atoms with Gasteiger partial charge < -0.3 is 5.11 Å². The Morgan fingerprint density at radius 2 is 1.88 bits per heavy atom. The average Bonchev–Trinajstić information content (AvgIpc) is 2.83. The number of Topliss-reactive ketones (excluding diaryl/α,β-unsaturated/α-hetero) is 1. The van der Waals surface area contributed by atoms with Gasteiger partial charge in [-0.2, -0.15) is 0 Å². The van der Waals surface area contributed by atoms with Crippen molar-refractivity contribution in [2.45, 2.75) is 78.1 Å². The summed E-state index contributed by atoms with van der Waals surface area (Å²) in [5.74, 6) is 3.13. The number of aliphatic carboxylic acids is 1. The van der Waals surface area contributed by atoms with Crippen molar-refractivity contribution in [2.75, 3.05) is 0 Å². The van der Waals surface area contributed by atoms with Crippen LogP contribution in [0.3, 0.4) is 0 Å². The van der Waals surface area contributed by atoms with Gasteiger partial charge >= 0.3 is 5.97 Å². The van der Waals surface area contributed by atoms with Crippen LogP contribution in [0.2, 0.25) is 0 Å². The zero-order valence-corrected chi connectivity index (χ0v) is 15.2. The summed E-state index contributed by atoms with van der Waals surface area (Å²) in [4.78, 5) is 23.6. The second-order valence-corrected chi connectivity index (χ2v) is 9.81. The van der Waals surface area contributed by atoms with Gasteiger partial charge in [0.1, 0.15) is 5.78 Å². The van der Waals surface area contributed by atoms with Gasteiger partial charge in [-0.1, -0.05) is 13.8 Å². The maximum absolute atomic E-state index is 12.5. The molecular formula is C21H32O3. The molecule has 0 amide bonds. The van der Waals surface area contributed by atoms with Crippen LogP contribution in [0, 0.1) is 40.4 Å². The summed E-state index contributed by atoms with van der Waals surface area (Å²) in [5.41, 5.74) is 0.371. The molecule has 7 atom stereocenters. The van der Waals surface area contributed by atoms with Crippen molar-refractivity contribution in [1.29, 1.82) is 0 Å². The van der Waals surface area contributed by atoms with E-state index in [9.17, 15) is 9.59 Å². The zero-order chi connectivity index (χ0) is 17.1. The van der Waals surface area contributed by atoms with Gasteiger partial charge in [0.15, 0.2) is 0 Å². The Morgan fingerprint density at radius 3 is 2.62 bits per heavy atom. The lowest BCUT2D eigenvalue weighted by molar-refractivity contribution is -0.143. The lowest BCUT2D eigenvalue weighted by Crippen LogP contribution is -2.53. The van der Waals surface area contributed by atoms with E-state index >= 15 is 0 Å². The number of carbonyl (C=O) groups excluding carboxylic acids is 1. The van der Waals surface area contributed by atoms with Crippen LogP contribution in [0.5, 0.6) is 0 Å². The minimum atomic E-state index is -0.629. The minimum absolute atomic E-state index is 0.0229. The van der Waals surface area contributed by atoms with Crippen LogP contribution >= 0.6 is 0 Å². The van der Waals surface area contributed by atoms with Gasteiger partial charge in [0, 0.05) is 18.3 Å².